The number of para-hydroxylation sites is 1. The first-order valence-electron chi connectivity index (χ1n) is 6.89. The number of anilines is 1. The molecule has 1 aromatic rings. The van der Waals surface area contributed by atoms with Gasteiger partial charge < -0.3 is 9.64 Å². The number of carbonyl (C=O) groups is 2. The lowest BCUT2D eigenvalue weighted by Gasteiger charge is -2.24. The third-order valence-corrected chi connectivity index (χ3v) is 2.67. The summed E-state index contributed by atoms with van der Waals surface area (Å²) in [7, 11) is 0. The lowest BCUT2D eigenvalue weighted by Crippen LogP contribution is -2.34. The minimum absolute atomic E-state index is 0.0680. The van der Waals surface area contributed by atoms with Crippen molar-refractivity contribution in [2.24, 2.45) is 0 Å². The van der Waals surface area contributed by atoms with E-state index in [0.717, 1.165) is 24.1 Å². The molecule has 1 amide bonds. The normalized spacial score (nSPS) is 11.0. The summed E-state index contributed by atoms with van der Waals surface area (Å²) in [4.78, 5) is 24.5. The smallest absolute Gasteiger partial charge is 0.326 e. The Balaban J connectivity index is 2.86. The highest BCUT2D eigenvalue weighted by Crippen LogP contribution is 2.21. The summed E-state index contributed by atoms with van der Waals surface area (Å²) >= 11 is 0. The van der Waals surface area contributed by atoms with Gasteiger partial charge in [-0.2, -0.15) is 0 Å². The third kappa shape index (κ3) is 5.03. The molecule has 0 unspecified atom stereocenters. The van der Waals surface area contributed by atoms with Crippen LogP contribution in [0.25, 0.3) is 0 Å². The van der Waals surface area contributed by atoms with E-state index in [-0.39, 0.29) is 6.54 Å². The van der Waals surface area contributed by atoms with Crippen molar-refractivity contribution in [3.8, 4) is 0 Å². The van der Waals surface area contributed by atoms with Crippen LogP contribution < -0.4 is 4.90 Å². The standard InChI is InChI=1S/C16H23NO3/c1-5-8-13-9-6-7-10-14(13)17(12-18)11-15(19)20-16(2,3)4/h6-7,9-10,12H,5,8,11H2,1-4H3. The second-order valence-corrected chi connectivity index (χ2v) is 5.70. The fourth-order valence-corrected chi connectivity index (χ4v) is 1.96. The third-order valence-electron chi connectivity index (χ3n) is 2.67. The Morgan fingerprint density at radius 3 is 2.50 bits per heavy atom. The van der Waals surface area contributed by atoms with Gasteiger partial charge in [-0.15, -0.1) is 0 Å². The molecule has 0 saturated carbocycles. The van der Waals surface area contributed by atoms with E-state index in [1.165, 1.54) is 4.90 Å². The summed E-state index contributed by atoms with van der Waals surface area (Å²) in [6.07, 6.45) is 2.53. The molecular formula is C16H23NO3. The molecule has 20 heavy (non-hydrogen) atoms. The summed E-state index contributed by atoms with van der Waals surface area (Å²) in [6, 6.07) is 7.62. The van der Waals surface area contributed by atoms with Gasteiger partial charge in [0.25, 0.3) is 0 Å². The highest BCUT2D eigenvalue weighted by molar-refractivity contribution is 5.86. The first kappa shape index (κ1) is 16.2. The molecule has 4 nitrogen and oxygen atoms in total. The fourth-order valence-electron chi connectivity index (χ4n) is 1.96. The van der Waals surface area contributed by atoms with Gasteiger partial charge >= 0.3 is 5.97 Å². The van der Waals surface area contributed by atoms with Crippen molar-refractivity contribution in [2.75, 3.05) is 11.4 Å². The van der Waals surface area contributed by atoms with Crippen molar-refractivity contribution >= 4 is 18.1 Å². The lowest BCUT2D eigenvalue weighted by molar-refractivity contribution is -0.153. The van der Waals surface area contributed by atoms with Crippen LogP contribution in [0.2, 0.25) is 0 Å². The zero-order chi connectivity index (χ0) is 15.2. The number of hydrogen-bond donors (Lipinski definition) is 0. The number of esters is 1. The largest absolute Gasteiger partial charge is 0.459 e. The molecule has 110 valence electrons. The van der Waals surface area contributed by atoms with Crippen LogP contribution in [0.4, 0.5) is 5.69 Å². The number of nitrogens with zero attached hydrogens (tertiary/aromatic N) is 1. The number of carbonyl (C=O) groups excluding carboxylic acids is 2. The quantitative estimate of drug-likeness (QED) is 0.593. The maximum Gasteiger partial charge on any atom is 0.326 e. The lowest BCUT2D eigenvalue weighted by atomic mass is 10.1. The van der Waals surface area contributed by atoms with Crippen molar-refractivity contribution in [3.05, 3.63) is 29.8 Å². The van der Waals surface area contributed by atoms with Crippen LogP contribution >= 0.6 is 0 Å². The highest BCUT2D eigenvalue weighted by atomic mass is 16.6. The maximum atomic E-state index is 11.8. The molecule has 0 aromatic heterocycles. The van der Waals surface area contributed by atoms with Gasteiger partial charge in [-0.1, -0.05) is 31.5 Å². The average Bonchev–Trinajstić information content (AvgIpc) is 2.35. The average molecular weight is 277 g/mol. The van der Waals surface area contributed by atoms with E-state index in [9.17, 15) is 9.59 Å². The van der Waals surface area contributed by atoms with Gasteiger partial charge in [-0.05, 0) is 38.8 Å². The van der Waals surface area contributed by atoms with E-state index in [1.807, 2.05) is 24.3 Å². The molecule has 0 radical (unpaired) electrons. The Labute approximate surface area is 120 Å². The van der Waals surface area contributed by atoms with Crippen LogP contribution in [0.5, 0.6) is 0 Å². The zero-order valence-electron chi connectivity index (χ0n) is 12.7. The van der Waals surface area contributed by atoms with Crippen LogP contribution in [0.15, 0.2) is 24.3 Å². The first-order chi connectivity index (χ1) is 9.37. The van der Waals surface area contributed by atoms with Gasteiger partial charge in [0, 0.05) is 5.69 Å². The van der Waals surface area contributed by atoms with E-state index in [2.05, 4.69) is 6.92 Å². The molecule has 1 rings (SSSR count). The van der Waals surface area contributed by atoms with Crippen molar-refractivity contribution in [3.63, 3.8) is 0 Å². The van der Waals surface area contributed by atoms with E-state index >= 15 is 0 Å². The Kier molecular flexibility index (Phi) is 5.74. The molecule has 1 aromatic carbocycles. The highest BCUT2D eigenvalue weighted by Gasteiger charge is 2.20. The molecule has 0 aliphatic rings. The van der Waals surface area contributed by atoms with Gasteiger partial charge in [0.15, 0.2) is 0 Å². The molecular weight excluding hydrogens is 254 g/mol. The van der Waals surface area contributed by atoms with Crippen LogP contribution in [-0.2, 0) is 20.7 Å². The van der Waals surface area contributed by atoms with Gasteiger partial charge in [0.2, 0.25) is 6.41 Å². The SMILES string of the molecule is CCCc1ccccc1N(C=O)CC(=O)OC(C)(C)C. The summed E-state index contributed by atoms with van der Waals surface area (Å²) in [5, 5.41) is 0. The molecule has 0 bridgehead atoms. The second-order valence-electron chi connectivity index (χ2n) is 5.70. The van der Waals surface area contributed by atoms with Gasteiger partial charge in [-0.25, -0.2) is 0 Å². The van der Waals surface area contributed by atoms with Crippen LogP contribution in [0.1, 0.15) is 39.7 Å². The van der Waals surface area contributed by atoms with Crippen molar-refractivity contribution in [2.45, 2.75) is 46.1 Å². The summed E-state index contributed by atoms with van der Waals surface area (Å²) in [5.74, 6) is -0.407. The minimum Gasteiger partial charge on any atom is -0.459 e. The van der Waals surface area contributed by atoms with E-state index in [0.29, 0.717) is 6.41 Å². The molecule has 0 fully saturated rings. The van der Waals surface area contributed by atoms with Gasteiger partial charge in [0.1, 0.15) is 12.1 Å². The summed E-state index contributed by atoms with van der Waals surface area (Å²) in [6.45, 7) is 7.43. The molecule has 0 aliphatic heterocycles. The number of ether oxygens (including phenoxy) is 1. The van der Waals surface area contributed by atoms with Crippen LogP contribution in [-0.4, -0.2) is 24.5 Å². The van der Waals surface area contributed by atoms with Crippen LogP contribution in [0, 0.1) is 0 Å². The Bertz CT molecular complexity index is 463. The Morgan fingerprint density at radius 2 is 1.95 bits per heavy atom. The van der Waals surface area contributed by atoms with E-state index in [4.69, 9.17) is 4.74 Å². The van der Waals surface area contributed by atoms with E-state index < -0.39 is 11.6 Å². The predicted molar refractivity (Wildman–Crippen MR) is 79.7 cm³/mol. The molecule has 0 N–H and O–H groups in total. The number of rotatable bonds is 6. The molecule has 0 saturated heterocycles. The van der Waals surface area contributed by atoms with Crippen LogP contribution in [0.3, 0.4) is 0 Å². The van der Waals surface area contributed by atoms with Crippen molar-refractivity contribution in [1.82, 2.24) is 0 Å². The first-order valence-corrected chi connectivity index (χ1v) is 6.89. The number of aryl methyl sites for hydroxylation is 1. The number of hydrogen-bond acceptors (Lipinski definition) is 3. The summed E-state index contributed by atoms with van der Waals surface area (Å²) in [5.41, 5.74) is 1.29. The van der Waals surface area contributed by atoms with Crippen molar-refractivity contribution in [1.29, 1.82) is 0 Å². The predicted octanol–water partition coefficient (Wildman–Crippen LogP) is 2.94. The topological polar surface area (TPSA) is 46.6 Å². The number of benzene rings is 1. The number of amides is 1. The molecule has 0 heterocycles. The second kappa shape index (κ2) is 7.08. The van der Waals surface area contributed by atoms with Gasteiger partial charge in [0.05, 0.1) is 0 Å². The molecule has 0 aliphatic carbocycles. The zero-order valence-corrected chi connectivity index (χ0v) is 12.7. The summed E-state index contributed by atoms with van der Waals surface area (Å²) < 4.78 is 5.25. The van der Waals surface area contributed by atoms with Gasteiger partial charge in [-0.3, -0.25) is 9.59 Å². The Hall–Kier alpha value is -1.84. The fraction of sp³-hybridized carbons (Fsp3) is 0.500. The van der Waals surface area contributed by atoms with Crippen molar-refractivity contribution < 1.29 is 14.3 Å². The minimum atomic E-state index is -0.547. The molecule has 0 atom stereocenters. The molecule has 0 spiro atoms. The Morgan fingerprint density at radius 1 is 1.30 bits per heavy atom. The maximum absolute atomic E-state index is 11.8. The monoisotopic (exact) mass is 277 g/mol. The van der Waals surface area contributed by atoms with E-state index in [1.54, 1.807) is 20.8 Å². The molecule has 4 heteroatoms.